The Morgan fingerprint density at radius 2 is 2.11 bits per heavy atom. The van der Waals surface area contributed by atoms with Gasteiger partial charge >= 0.3 is 5.69 Å². The lowest BCUT2D eigenvalue weighted by Gasteiger charge is -2.27. The lowest BCUT2D eigenvalue weighted by atomic mass is 10.1. The van der Waals surface area contributed by atoms with Gasteiger partial charge in [-0.05, 0) is 43.9 Å². The Bertz CT molecular complexity index is 1110. The van der Waals surface area contributed by atoms with Crippen molar-refractivity contribution in [3.63, 3.8) is 0 Å². The van der Waals surface area contributed by atoms with Gasteiger partial charge in [-0.1, -0.05) is 11.6 Å². The van der Waals surface area contributed by atoms with E-state index in [1.807, 2.05) is 11.0 Å². The molecule has 1 saturated heterocycles. The summed E-state index contributed by atoms with van der Waals surface area (Å²) in [4.78, 5) is 27.4. The second-order valence-corrected chi connectivity index (χ2v) is 7.93. The number of carbonyl (C=O) groups is 1. The van der Waals surface area contributed by atoms with Crippen LogP contribution in [0, 0.1) is 24.2 Å². The number of benzene rings is 1. The highest BCUT2D eigenvalue weighted by Crippen LogP contribution is 2.50. The van der Waals surface area contributed by atoms with Crippen molar-refractivity contribution in [1.82, 2.24) is 14.0 Å². The van der Waals surface area contributed by atoms with Crippen LogP contribution in [0.15, 0.2) is 16.9 Å². The monoisotopic (exact) mass is 384 g/mol. The Morgan fingerprint density at radius 3 is 2.78 bits per heavy atom. The largest absolute Gasteiger partial charge is 0.493 e. The van der Waals surface area contributed by atoms with Crippen LogP contribution in [0.5, 0.6) is 5.88 Å². The molecule has 2 aromatic rings. The van der Waals surface area contributed by atoms with Crippen molar-refractivity contribution in [2.75, 3.05) is 6.54 Å². The van der Waals surface area contributed by atoms with Crippen molar-refractivity contribution in [1.29, 1.82) is 5.26 Å². The van der Waals surface area contributed by atoms with Crippen molar-refractivity contribution in [3.8, 4) is 17.6 Å². The summed E-state index contributed by atoms with van der Waals surface area (Å²) in [5.41, 5.74) is 1.49. The molecule has 1 aromatic carbocycles. The topological polar surface area (TPSA) is 91.3 Å². The lowest BCUT2D eigenvalue weighted by molar-refractivity contribution is -0.134. The standard InChI is InChI=1S/C19H17ClN4O3/c1-9-13(5-4-11(7-21)15(9)20)24-18(26)16-14-6-12(23(16)19(24)27)8-22(14)17(25)10-2-3-10/h4-5,10,12,14,26H,2-3,6,8H2,1H3/t12-,14?/m1/s1. The molecule has 2 atom stereocenters. The first-order valence-electron chi connectivity index (χ1n) is 9.00. The van der Waals surface area contributed by atoms with Crippen LogP contribution in [0.25, 0.3) is 5.69 Å². The van der Waals surface area contributed by atoms with Crippen LogP contribution in [-0.4, -0.2) is 31.6 Å². The number of likely N-dealkylation sites (tertiary alicyclic amines) is 1. The van der Waals surface area contributed by atoms with E-state index in [2.05, 4.69) is 0 Å². The third-order valence-corrected chi connectivity index (χ3v) is 6.47. The van der Waals surface area contributed by atoms with Crippen molar-refractivity contribution in [3.05, 3.63) is 44.5 Å². The lowest BCUT2D eigenvalue weighted by Crippen LogP contribution is -2.38. The Labute approximate surface area is 160 Å². The Balaban J connectivity index is 1.64. The molecule has 0 spiro atoms. The summed E-state index contributed by atoms with van der Waals surface area (Å²) in [7, 11) is 0. The van der Waals surface area contributed by atoms with Gasteiger partial charge in [-0.2, -0.15) is 5.26 Å². The minimum absolute atomic E-state index is 0.105. The molecule has 3 heterocycles. The Morgan fingerprint density at radius 1 is 1.37 bits per heavy atom. The summed E-state index contributed by atoms with van der Waals surface area (Å²) in [5.74, 6) is 0.0870. The van der Waals surface area contributed by atoms with Gasteiger partial charge < -0.3 is 10.0 Å². The van der Waals surface area contributed by atoms with Crippen molar-refractivity contribution < 1.29 is 9.90 Å². The number of halogens is 1. The highest BCUT2D eigenvalue weighted by Gasteiger charge is 2.51. The molecule has 1 aliphatic carbocycles. The molecular weight excluding hydrogens is 368 g/mol. The third kappa shape index (κ3) is 2.07. The van der Waals surface area contributed by atoms with Crippen molar-refractivity contribution >= 4 is 17.5 Å². The van der Waals surface area contributed by atoms with Crippen LogP contribution >= 0.6 is 11.6 Å². The van der Waals surface area contributed by atoms with Gasteiger partial charge in [0, 0.05) is 12.5 Å². The quantitative estimate of drug-likeness (QED) is 0.860. The van der Waals surface area contributed by atoms with Crippen molar-refractivity contribution in [2.24, 2.45) is 5.92 Å². The summed E-state index contributed by atoms with van der Waals surface area (Å²) in [6, 6.07) is 4.80. The highest BCUT2D eigenvalue weighted by molar-refractivity contribution is 6.32. The zero-order chi connectivity index (χ0) is 19.0. The molecule has 1 N–H and O–H groups in total. The summed E-state index contributed by atoms with van der Waals surface area (Å²) >= 11 is 6.24. The maximum atomic E-state index is 13.1. The number of nitriles is 1. The Kier molecular flexibility index (Phi) is 3.29. The predicted octanol–water partition coefficient (Wildman–Crippen LogP) is 2.42. The first-order valence-corrected chi connectivity index (χ1v) is 9.38. The third-order valence-electron chi connectivity index (χ3n) is 5.99. The molecule has 2 aliphatic heterocycles. The van der Waals surface area contributed by atoms with Crippen LogP contribution < -0.4 is 5.69 Å². The molecule has 3 aliphatic rings. The molecule has 1 unspecified atom stereocenters. The van der Waals surface area contributed by atoms with Crippen LogP contribution in [0.2, 0.25) is 5.02 Å². The molecule has 7 nitrogen and oxygen atoms in total. The van der Waals surface area contributed by atoms with Crippen LogP contribution in [-0.2, 0) is 4.79 Å². The number of rotatable bonds is 2. The first kappa shape index (κ1) is 16.5. The van der Waals surface area contributed by atoms with E-state index in [9.17, 15) is 14.7 Å². The second-order valence-electron chi connectivity index (χ2n) is 7.55. The molecule has 0 radical (unpaired) electrons. The maximum Gasteiger partial charge on any atom is 0.336 e. The summed E-state index contributed by atoms with van der Waals surface area (Å²) in [5, 5.41) is 20.3. The minimum atomic E-state index is -0.336. The number of carbonyl (C=O) groups excluding carboxylic acids is 1. The van der Waals surface area contributed by atoms with E-state index < -0.39 is 0 Å². The van der Waals surface area contributed by atoms with Crippen LogP contribution in [0.1, 0.15) is 48.2 Å². The van der Waals surface area contributed by atoms with Crippen LogP contribution in [0.4, 0.5) is 0 Å². The molecule has 27 heavy (non-hydrogen) atoms. The van der Waals surface area contributed by atoms with E-state index in [0.717, 1.165) is 12.8 Å². The zero-order valence-corrected chi connectivity index (χ0v) is 15.4. The van der Waals surface area contributed by atoms with E-state index in [1.165, 1.54) is 10.6 Å². The number of hydrogen-bond acceptors (Lipinski definition) is 4. The number of aromatic hydroxyl groups is 1. The second kappa shape index (κ2) is 5.40. The average Bonchev–Trinajstić information content (AvgIpc) is 3.25. The normalized spacial score (nSPS) is 22.8. The number of aromatic nitrogens is 2. The predicted molar refractivity (Wildman–Crippen MR) is 97.0 cm³/mol. The van der Waals surface area contributed by atoms with Gasteiger partial charge in [0.2, 0.25) is 11.8 Å². The molecular formula is C19H17ClN4O3. The number of hydrogen-bond donors (Lipinski definition) is 1. The summed E-state index contributed by atoms with van der Waals surface area (Å²) < 4.78 is 2.85. The fourth-order valence-corrected chi connectivity index (χ4v) is 4.68. The van der Waals surface area contributed by atoms with E-state index >= 15 is 0 Å². The number of imidazole rings is 1. The molecule has 1 aromatic heterocycles. The number of nitrogens with zero attached hydrogens (tertiary/aromatic N) is 4. The number of fused-ring (bicyclic) bond motifs is 5. The SMILES string of the molecule is Cc1c(-n2c(O)c3n(c2=O)[C@@H]2CC3N(C(=O)C3CC3)C2)ccc(C#N)c1Cl. The summed E-state index contributed by atoms with van der Waals surface area (Å²) in [6.07, 6.45) is 2.52. The van der Waals surface area contributed by atoms with E-state index in [1.54, 1.807) is 17.6 Å². The van der Waals surface area contributed by atoms with Gasteiger partial charge in [0.1, 0.15) is 11.8 Å². The number of amides is 1. The molecule has 1 amide bonds. The highest BCUT2D eigenvalue weighted by atomic mass is 35.5. The maximum absolute atomic E-state index is 13.1. The van der Waals surface area contributed by atoms with Gasteiger partial charge in [0.15, 0.2) is 0 Å². The van der Waals surface area contributed by atoms with Crippen molar-refractivity contribution in [2.45, 2.75) is 38.3 Å². The van der Waals surface area contributed by atoms with Gasteiger partial charge in [0.05, 0.1) is 28.4 Å². The van der Waals surface area contributed by atoms with Crippen LogP contribution in [0.3, 0.4) is 0 Å². The fourth-order valence-electron chi connectivity index (χ4n) is 4.48. The molecule has 2 fully saturated rings. The van der Waals surface area contributed by atoms with E-state index in [0.29, 0.717) is 35.5 Å². The van der Waals surface area contributed by atoms with Gasteiger partial charge in [-0.25, -0.2) is 9.36 Å². The average molecular weight is 385 g/mol. The molecule has 8 heteroatoms. The first-order chi connectivity index (χ1) is 12.9. The Hall–Kier alpha value is -2.72. The molecule has 2 bridgehead atoms. The van der Waals surface area contributed by atoms with Gasteiger partial charge in [-0.3, -0.25) is 9.36 Å². The molecule has 1 saturated carbocycles. The van der Waals surface area contributed by atoms with E-state index in [-0.39, 0.29) is 40.5 Å². The fraction of sp³-hybridized carbons (Fsp3) is 0.421. The smallest absolute Gasteiger partial charge is 0.336 e. The minimum Gasteiger partial charge on any atom is -0.493 e. The molecule has 5 rings (SSSR count). The summed E-state index contributed by atoms with van der Waals surface area (Å²) in [6.45, 7) is 2.23. The van der Waals surface area contributed by atoms with Gasteiger partial charge in [-0.15, -0.1) is 0 Å². The van der Waals surface area contributed by atoms with Gasteiger partial charge in [0.25, 0.3) is 0 Å². The molecule has 138 valence electrons. The van der Waals surface area contributed by atoms with E-state index in [4.69, 9.17) is 16.9 Å². The zero-order valence-electron chi connectivity index (χ0n) is 14.6.